The van der Waals surface area contributed by atoms with Gasteiger partial charge < -0.3 is 10.1 Å². The number of aryl methyl sites for hydroxylation is 1. The molecule has 1 atom stereocenters. The van der Waals surface area contributed by atoms with Gasteiger partial charge in [0.05, 0.1) is 5.41 Å². The quantitative estimate of drug-likeness (QED) is 0.157. The second-order valence-electron chi connectivity index (χ2n) is 18.1. The topological polar surface area (TPSA) is 59.9 Å². The minimum Gasteiger partial charge on any atom is -0.461 e. The second kappa shape index (κ2) is 15.8. The maximum atomic E-state index is 6.67. The molecule has 1 spiro atoms. The standard InChI is InChI=1S/C62H46N4O/c1-2-3-19-39-22-10-11-25-43(39)50-37-49-47-28-14-17-32-53(47)62(51-30-15-12-26-45(51)46-27-13-16-31-52(46)62)54(49)38-55(50)63-61-65-59(41-23-8-5-9-24-41)64-60(66-61)42-34-35-48-57(36-42)67-56-33-18-29-44(58(48)56)40-20-6-4-7-21-40/h4-18,20-34,36-38,48H,2-3,19,35H2,1H3,(H,63,64,65,66). The Hall–Kier alpha value is -8.15. The lowest BCUT2D eigenvalue weighted by Crippen LogP contribution is -2.26. The van der Waals surface area contributed by atoms with E-state index in [9.17, 15) is 0 Å². The first-order valence-electron chi connectivity index (χ1n) is 23.6. The highest BCUT2D eigenvalue weighted by Gasteiger charge is 2.52. The van der Waals surface area contributed by atoms with Gasteiger partial charge in [-0.15, -0.1) is 0 Å². The Morgan fingerprint density at radius 2 is 1.13 bits per heavy atom. The number of nitrogens with one attached hydrogen (secondary N) is 1. The van der Waals surface area contributed by atoms with Gasteiger partial charge in [-0.1, -0.05) is 189 Å². The minimum atomic E-state index is -0.510. The van der Waals surface area contributed by atoms with Gasteiger partial charge >= 0.3 is 0 Å². The summed E-state index contributed by atoms with van der Waals surface area (Å²) in [6.07, 6.45) is 8.38. The molecule has 1 N–H and O–H groups in total. The van der Waals surface area contributed by atoms with Crippen molar-refractivity contribution in [1.29, 1.82) is 0 Å². The Kier molecular flexibility index (Phi) is 9.24. The predicted molar refractivity (Wildman–Crippen MR) is 271 cm³/mol. The van der Waals surface area contributed by atoms with Crippen LogP contribution in [0.15, 0.2) is 206 Å². The molecule has 4 aliphatic rings. The number of nitrogens with zero attached hydrogens (tertiary/aromatic N) is 3. The highest BCUT2D eigenvalue weighted by molar-refractivity contribution is 5.99. The normalized spacial score (nSPS) is 15.3. The van der Waals surface area contributed by atoms with Crippen LogP contribution in [0.1, 0.15) is 71.3 Å². The predicted octanol–water partition coefficient (Wildman–Crippen LogP) is 15.1. The SMILES string of the molecule is CCCCc1ccccc1-c1cc2c(cc1Nc1nc(C3=CCC4C(=C3)Oc3cccc(-c5ccccc5)c34)nc(-c3ccccc3)n1)C1(c3ccccc3-c3ccccc31)c1ccccc1-2. The van der Waals surface area contributed by atoms with Crippen LogP contribution >= 0.6 is 0 Å². The summed E-state index contributed by atoms with van der Waals surface area (Å²) in [6, 6.07) is 67.9. The molecule has 320 valence electrons. The fourth-order valence-electron chi connectivity index (χ4n) is 11.4. The van der Waals surface area contributed by atoms with Crippen LogP contribution in [0.5, 0.6) is 5.75 Å². The number of rotatable bonds is 9. The molecule has 9 aromatic rings. The summed E-state index contributed by atoms with van der Waals surface area (Å²) in [7, 11) is 0. The average molecular weight is 863 g/mol. The van der Waals surface area contributed by atoms with Gasteiger partial charge in [-0.2, -0.15) is 9.97 Å². The fourth-order valence-corrected chi connectivity index (χ4v) is 11.4. The van der Waals surface area contributed by atoms with E-state index >= 15 is 0 Å². The Morgan fingerprint density at radius 3 is 1.84 bits per heavy atom. The van der Waals surface area contributed by atoms with E-state index in [2.05, 4.69) is 194 Å². The molecule has 5 heteroatoms. The van der Waals surface area contributed by atoms with Gasteiger partial charge in [-0.05, 0) is 110 Å². The van der Waals surface area contributed by atoms with Crippen molar-refractivity contribution < 1.29 is 4.74 Å². The number of aromatic nitrogens is 3. The molecule has 0 bridgehead atoms. The third-order valence-electron chi connectivity index (χ3n) is 14.4. The summed E-state index contributed by atoms with van der Waals surface area (Å²) in [5.74, 6) is 3.61. The smallest absolute Gasteiger partial charge is 0.231 e. The third kappa shape index (κ3) is 6.18. The molecule has 0 saturated carbocycles. The van der Waals surface area contributed by atoms with E-state index in [1.165, 1.54) is 72.3 Å². The first-order chi connectivity index (χ1) is 33.2. The van der Waals surface area contributed by atoms with Crippen LogP contribution in [0.4, 0.5) is 11.6 Å². The molecule has 0 fully saturated rings. The summed E-state index contributed by atoms with van der Waals surface area (Å²) in [5, 5.41) is 3.90. The van der Waals surface area contributed by atoms with Crippen molar-refractivity contribution >= 4 is 17.2 Å². The number of hydrogen-bond donors (Lipinski definition) is 1. The van der Waals surface area contributed by atoms with E-state index in [0.29, 0.717) is 17.6 Å². The summed E-state index contributed by atoms with van der Waals surface area (Å²) in [5.41, 5.74) is 19.8. The van der Waals surface area contributed by atoms with Crippen LogP contribution < -0.4 is 10.1 Å². The highest BCUT2D eigenvalue weighted by Crippen LogP contribution is 2.64. The lowest BCUT2D eigenvalue weighted by atomic mass is 9.70. The zero-order valence-corrected chi connectivity index (χ0v) is 37.2. The molecule has 1 aliphatic heterocycles. The van der Waals surface area contributed by atoms with Crippen LogP contribution in [0, 0.1) is 0 Å². The lowest BCUT2D eigenvalue weighted by Gasteiger charge is -2.31. The summed E-state index contributed by atoms with van der Waals surface area (Å²) in [6.45, 7) is 2.26. The maximum absolute atomic E-state index is 6.67. The first kappa shape index (κ1) is 39.2. The molecule has 5 nitrogen and oxygen atoms in total. The van der Waals surface area contributed by atoms with Crippen LogP contribution in [-0.2, 0) is 11.8 Å². The van der Waals surface area contributed by atoms with Crippen molar-refractivity contribution in [3.05, 3.63) is 245 Å². The second-order valence-corrected chi connectivity index (χ2v) is 18.1. The van der Waals surface area contributed by atoms with Crippen molar-refractivity contribution in [2.45, 2.75) is 43.9 Å². The summed E-state index contributed by atoms with van der Waals surface area (Å²) < 4.78 is 6.67. The van der Waals surface area contributed by atoms with Crippen LogP contribution in [0.3, 0.4) is 0 Å². The molecule has 0 saturated heterocycles. The Morgan fingerprint density at radius 1 is 0.537 bits per heavy atom. The van der Waals surface area contributed by atoms with Crippen LogP contribution in [0.2, 0.25) is 0 Å². The Labute approximate surface area is 391 Å². The monoisotopic (exact) mass is 862 g/mol. The number of fused-ring (bicyclic) bond motifs is 13. The van der Waals surface area contributed by atoms with E-state index in [4.69, 9.17) is 19.7 Å². The van der Waals surface area contributed by atoms with Crippen LogP contribution in [0.25, 0.3) is 61.5 Å². The van der Waals surface area contributed by atoms with Crippen molar-refractivity contribution in [2.75, 3.05) is 5.32 Å². The van der Waals surface area contributed by atoms with Gasteiger partial charge in [0.1, 0.15) is 11.5 Å². The zero-order valence-electron chi connectivity index (χ0n) is 37.2. The van der Waals surface area contributed by atoms with E-state index < -0.39 is 5.41 Å². The van der Waals surface area contributed by atoms with Gasteiger partial charge in [-0.3, -0.25) is 0 Å². The molecule has 1 unspecified atom stereocenters. The zero-order chi connectivity index (χ0) is 44.5. The molecule has 2 heterocycles. The van der Waals surface area contributed by atoms with E-state index in [0.717, 1.165) is 59.6 Å². The molecular formula is C62H46N4O. The van der Waals surface area contributed by atoms with Gasteiger partial charge in [-0.25, -0.2) is 4.98 Å². The molecule has 1 aromatic heterocycles. The number of hydrogen-bond acceptors (Lipinski definition) is 5. The van der Waals surface area contributed by atoms with E-state index in [1.807, 2.05) is 18.2 Å². The van der Waals surface area contributed by atoms with E-state index in [1.54, 1.807) is 0 Å². The lowest BCUT2D eigenvalue weighted by molar-refractivity contribution is 0.426. The number of anilines is 2. The largest absolute Gasteiger partial charge is 0.461 e. The van der Waals surface area contributed by atoms with Gasteiger partial charge in [0.2, 0.25) is 5.95 Å². The number of benzene rings is 8. The molecule has 67 heavy (non-hydrogen) atoms. The first-order valence-corrected chi connectivity index (χ1v) is 23.6. The minimum absolute atomic E-state index is 0.104. The van der Waals surface area contributed by atoms with Crippen molar-refractivity contribution in [1.82, 2.24) is 15.0 Å². The Balaban J connectivity index is 0.989. The highest BCUT2D eigenvalue weighted by atomic mass is 16.5. The number of unbranched alkanes of at least 4 members (excludes halogenated alkanes) is 1. The van der Waals surface area contributed by atoms with Gasteiger partial charge in [0.25, 0.3) is 0 Å². The molecular weight excluding hydrogens is 817 g/mol. The molecule has 13 rings (SSSR count). The number of allylic oxidation sites excluding steroid dienone is 4. The fraction of sp³-hybridized carbons (Fsp3) is 0.113. The van der Waals surface area contributed by atoms with Gasteiger partial charge in [0, 0.05) is 33.9 Å². The Bertz CT molecular complexity index is 3450. The third-order valence-corrected chi connectivity index (χ3v) is 14.4. The number of ether oxygens (including phenoxy) is 1. The molecule has 0 amide bonds. The molecule has 8 aromatic carbocycles. The summed E-state index contributed by atoms with van der Waals surface area (Å²) >= 11 is 0. The maximum Gasteiger partial charge on any atom is 0.231 e. The molecule has 3 aliphatic carbocycles. The van der Waals surface area contributed by atoms with Crippen molar-refractivity contribution in [3.8, 4) is 61.6 Å². The van der Waals surface area contributed by atoms with Crippen molar-refractivity contribution in [3.63, 3.8) is 0 Å². The van der Waals surface area contributed by atoms with Gasteiger partial charge in [0.15, 0.2) is 11.6 Å². The van der Waals surface area contributed by atoms with Crippen LogP contribution in [-0.4, -0.2) is 15.0 Å². The average Bonchev–Trinajstić information content (AvgIpc) is 4.02. The molecule has 0 radical (unpaired) electrons. The van der Waals surface area contributed by atoms with Crippen molar-refractivity contribution in [2.24, 2.45) is 0 Å². The van der Waals surface area contributed by atoms with E-state index in [-0.39, 0.29) is 5.92 Å². The summed E-state index contributed by atoms with van der Waals surface area (Å²) in [4.78, 5) is 15.7.